The van der Waals surface area contributed by atoms with E-state index in [-0.39, 0.29) is 11.7 Å². The SMILES string of the molecule is COc1ccc(-c2nnc(SCC(=O)Nc3cc(F)ccc3C)nc2-c2ccc(OC)cc2)cc1. The summed E-state index contributed by atoms with van der Waals surface area (Å²) in [4.78, 5) is 17.2. The number of benzene rings is 3. The van der Waals surface area contributed by atoms with Crippen LogP contribution in [0.4, 0.5) is 10.1 Å². The van der Waals surface area contributed by atoms with E-state index in [1.165, 1.54) is 12.1 Å². The molecule has 0 spiro atoms. The number of aromatic nitrogens is 3. The number of methoxy groups -OCH3 is 2. The molecule has 1 N–H and O–H groups in total. The highest BCUT2D eigenvalue weighted by molar-refractivity contribution is 7.99. The second kappa shape index (κ2) is 11.0. The van der Waals surface area contributed by atoms with Crippen LogP contribution in [0.2, 0.25) is 0 Å². The van der Waals surface area contributed by atoms with Crippen molar-refractivity contribution in [2.24, 2.45) is 0 Å². The van der Waals surface area contributed by atoms with Crippen LogP contribution in [0.15, 0.2) is 71.9 Å². The molecule has 0 saturated heterocycles. The minimum absolute atomic E-state index is 0.0432. The summed E-state index contributed by atoms with van der Waals surface area (Å²) in [6, 6.07) is 19.2. The van der Waals surface area contributed by atoms with Gasteiger partial charge in [0.25, 0.3) is 0 Å². The Hall–Kier alpha value is -3.98. The van der Waals surface area contributed by atoms with Gasteiger partial charge in [-0.25, -0.2) is 9.37 Å². The molecule has 0 fully saturated rings. The maximum absolute atomic E-state index is 13.5. The van der Waals surface area contributed by atoms with E-state index in [2.05, 4.69) is 15.5 Å². The van der Waals surface area contributed by atoms with Crippen molar-refractivity contribution in [3.63, 3.8) is 0 Å². The first-order valence-electron chi connectivity index (χ1n) is 10.7. The van der Waals surface area contributed by atoms with Gasteiger partial charge in [0.15, 0.2) is 0 Å². The lowest BCUT2D eigenvalue weighted by molar-refractivity contribution is -0.113. The molecule has 0 radical (unpaired) electrons. The highest BCUT2D eigenvalue weighted by atomic mass is 32.2. The number of aryl methyl sites for hydroxylation is 1. The van der Waals surface area contributed by atoms with Gasteiger partial charge in [0, 0.05) is 16.8 Å². The highest BCUT2D eigenvalue weighted by Gasteiger charge is 2.16. The fraction of sp³-hybridized carbons (Fsp3) is 0.154. The topological polar surface area (TPSA) is 86.2 Å². The molecule has 0 aliphatic rings. The van der Waals surface area contributed by atoms with Crippen LogP contribution in [0.25, 0.3) is 22.5 Å². The standard InChI is InChI=1S/C26H23FN4O3S/c1-16-4-9-19(27)14-22(16)28-23(32)15-35-26-29-24(17-5-10-20(33-2)11-6-17)25(30-31-26)18-7-12-21(34-3)13-8-18/h4-14H,15H2,1-3H3,(H,28,32). The molecule has 7 nitrogen and oxygen atoms in total. The van der Waals surface area contributed by atoms with E-state index in [0.717, 1.165) is 40.0 Å². The van der Waals surface area contributed by atoms with Crippen LogP contribution < -0.4 is 14.8 Å². The Labute approximate surface area is 206 Å². The van der Waals surface area contributed by atoms with E-state index in [1.54, 1.807) is 27.2 Å². The van der Waals surface area contributed by atoms with Gasteiger partial charge in [-0.2, -0.15) is 0 Å². The molecule has 4 aromatic rings. The fourth-order valence-electron chi connectivity index (χ4n) is 3.31. The summed E-state index contributed by atoms with van der Waals surface area (Å²) in [7, 11) is 3.21. The third kappa shape index (κ3) is 5.93. The quantitative estimate of drug-likeness (QED) is 0.331. The normalized spacial score (nSPS) is 10.6. The zero-order valence-electron chi connectivity index (χ0n) is 19.4. The predicted octanol–water partition coefficient (Wildman–Crippen LogP) is 5.40. The minimum atomic E-state index is -0.413. The molecule has 178 valence electrons. The van der Waals surface area contributed by atoms with Crippen LogP contribution >= 0.6 is 11.8 Å². The molecule has 9 heteroatoms. The number of anilines is 1. The van der Waals surface area contributed by atoms with E-state index in [1.807, 2.05) is 48.5 Å². The first-order chi connectivity index (χ1) is 17.0. The Morgan fingerprint density at radius 3 is 2.09 bits per heavy atom. The molecule has 0 aliphatic carbocycles. The largest absolute Gasteiger partial charge is 0.497 e. The number of carbonyl (C=O) groups is 1. The highest BCUT2D eigenvalue weighted by Crippen LogP contribution is 2.32. The molecule has 3 aromatic carbocycles. The van der Waals surface area contributed by atoms with E-state index in [0.29, 0.717) is 22.2 Å². The summed E-state index contributed by atoms with van der Waals surface area (Å²) in [5.74, 6) is 0.789. The number of carbonyl (C=O) groups excluding carboxylic acids is 1. The van der Waals surface area contributed by atoms with E-state index >= 15 is 0 Å². The van der Waals surface area contributed by atoms with Gasteiger partial charge in [-0.3, -0.25) is 4.79 Å². The summed E-state index contributed by atoms with van der Waals surface area (Å²) >= 11 is 1.15. The maximum Gasteiger partial charge on any atom is 0.234 e. The lowest BCUT2D eigenvalue weighted by Gasteiger charge is -2.11. The average molecular weight is 491 g/mol. The Bertz CT molecular complexity index is 1330. The summed E-state index contributed by atoms with van der Waals surface area (Å²) < 4.78 is 24.0. The lowest BCUT2D eigenvalue weighted by Crippen LogP contribution is -2.15. The average Bonchev–Trinajstić information content (AvgIpc) is 2.89. The zero-order chi connectivity index (χ0) is 24.8. The molecule has 4 rings (SSSR count). The summed E-state index contributed by atoms with van der Waals surface area (Å²) in [6.07, 6.45) is 0. The van der Waals surface area contributed by atoms with Gasteiger partial charge in [-0.1, -0.05) is 17.8 Å². The third-order valence-corrected chi connectivity index (χ3v) is 6.04. The molecule has 0 aliphatic heterocycles. The van der Waals surface area contributed by atoms with Crippen LogP contribution in [0, 0.1) is 12.7 Å². The maximum atomic E-state index is 13.5. The van der Waals surface area contributed by atoms with E-state index in [9.17, 15) is 9.18 Å². The number of halogens is 1. The van der Waals surface area contributed by atoms with Crippen LogP contribution in [0.1, 0.15) is 5.56 Å². The van der Waals surface area contributed by atoms with Crippen LogP contribution in [-0.4, -0.2) is 41.1 Å². The van der Waals surface area contributed by atoms with Crippen LogP contribution in [0.5, 0.6) is 11.5 Å². The number of amides is 1. The molecule has 35 heavy (non-hydrogen) atoms. The molecular weight excluding hydrogens is 467 g/mol. The molecule has 1 heterocycles. The van der Waals surface area contributed by atoms with Crippen molar-refractivity contribution in [1.82, 2.24) is 15.2 Å². The van der Waals surface area contributed by atoms with Gasteiger partial charge in [0.1, 0.15) is 28.7 Å². The number of hydrogen-bond acceptors (Lipinski definition) is 7. The third-order valence-electron chi connectivity index (χ3n) is 5.20. The molecule has 0 bridgehead atoms. The number of nitrogens with zero attached hydrogens (tertiary/aromatic N) is 3. The van der Waals surface area contributed by atoms with Crippen molar-refractivity contribution in [3.8, 4) is 34.0 Å². The summed E-state index contributed by atoms with van der Waals surface area (Å²) in [5.41, 5.74) is 4.08. The van der Waals surface area contributed by atoms with Crippen molar-refractivity contribution < 1.29 is 18.7 Å². The minimum Gasteiger partial charge on any atom is -0.497 e. The molecular formula is C26H23FN4O3S. The van der Waals surface area contributed by atoms with Crippen molar-refractivity contribution in [3.05, 3.63) is 78.1 Å². The Kier molecular flexibility index (Phi) is 7.57. The van der Waals surface area contributed by atoms with Gasteiger partial charge in [0.05, 0.1) is 20.0 Å². The van der Waals surface area contributed by atoms with Gasteiger partial charge in [0.2, 0.25) is 11.1 Å². The predicted molar refractivity (Wildman–Crippen MR) is 134 cm³/mol. The van der Waals surface area contributed by atoms with Crippen molar-refractivity contribution >= 4 is 23.4 Å². The molecule has 0 unspecified atom stereocenters. The molecule has 0 saturated carbocycles. The van der Waals surface area contributed by atoms with Crippen LogP contribution in [0.3, 0.4) is 0 Å². The summed E-state index contributed by atoms with van der Waals surface area (Å²) in [5, 5.41) is 11.7. The Morgan fingerprint density at radius 1 is 0.886 bits per heavy atom. The van der Waals surface area contributed by atoms with Gasteiger partial charge in [-0.05, 0) is 73.2 Å². The second-order valence-corrected chi connectivity index (χ2v) is 8.49. The van der Waals surface area contributed by atoms with Gasteiger partial charge < -0.3 is 14.8 Å². The van der Waals surface area contributed by atoms with Crippen LogP contribution in [-0.2, 0) is 4.79 Å². The van der Waals surface area contributed by atoms with Gasteiger partial charge >= 0.3 is 0 Å². The number of thioether (sulfide) groups is 1. The Morgan fingerprint density at radius 2 is 1.49 bits per heavy atom. The summed E-state index contributed by atoms with van der Waals surface area (Å²) in [6.45, 7) is 1.80. The van der Waals surface area contributed by atoms with Crippen molar-refractivity contribution in [1.29, 1.82) is 0 Å². The molecule has 1 amide bonds. The monoisotopic (exact) mass is 490 g/mol. The van der Waals surface area contributed by atoms with Crippen molar-refractivity contribution in [2.75, 3.05) is 25.3 Å². The number of nitrogens with one attached hydrogen (secondary N) is 1. The first-order valence-corrected chi connectivity index (χ1v) is 11.7. The molecule has 1 aromatic heterocycles. The fourth-order valence-corrected chi connectivity index (χ4v) is 3.90. The number of rotatable bonds is 8. The molecule has 0 atom stereocenters. The van der Waals surface area contributed by atoms with E-state index < -0.39 is 5.82 Å². The van der Waals surface area contributed by atoms with Gasteiger partial charge in [-0.15, -0.1) is 10.2 Å². The van der Waals surface area contributed by atoms with E-state index in [4.69, 9.17) is 14.5 Å². The lowest BCUT2D eigenvalue weighted by atomic mass is 10.0. The smallest absolute Gasteiger partial charge is 0.234 e. The number of ether oxygens (including phenoxy) is 2. The number of hydrogen-bond donors (Lipinski definition) is 1. The second-order valence-electron chi connectivity index (χ2n) is 7.54. The zero-order valence-corrected chi connectivity index (χ0v) is 20.2. The Balaban J connectivity index is 1.59. The first kappa shape index (κ1) is 24.2. The van der Waals surface area contributed by atoms with Crippen molar-refractivity contribution in [2.45, 2.75) is 12.1 Å².